The summed E-state index contributed by atoms with van der Waals surface area (Å²) in [7, 11) is 1.75. The third kappa shape index (κ3) is 2.81. The number of thiophene rings is 1. The molecule has 1 aromatic heterocycles. The molecule has 1 heterocycles. The van der Waals surface area contributed by atoms with E-state index in [-0.39, 0.29) is 5.69 Å². The maximum Gasteiger partial charge on any atom is 0.151 e. The minimum Gasteiger partial charge on any atom is -0.395 e. The van der Waals surface area contributed by atoms with Crippen LogP contribution in [0.25, 0.3) is 0 Å². The summed E-state index contributed by atoms with van der Waals surface area (Å²) >= 11 is 4.93. The van der Waals surface area contributed by atoms with Gasteiger partial charge in [0.1, 0.15) is 5.82 Å². The van der Waals surface area contributed by atoms with Crippen molar-refractivity contribution in [3.63, 3.8) is 0 Å². The number of nitrogens with zero attached hydrogens (tertiary/aromatic N) is 1. The second kappa shape index (κ2) is 5.24. The molecule has 0 fully saturated rings. The summed E-state index contributed by atoms with van der Waals surface area (Å²) in [5, 5.41) is 1.98. The molecule has 2 rings (SSSR count). The normalized spacial score (nSPS) is 10.7. The molecule has 0 atom stereocenters. The fourth-order valence-corrected chi connectivity index (χ4v) is 2.88. The quantitative estimate of drug-likeness (QED) is 0.860. The zero-order chi connectivity index (χ0) is 13.3. The van der Waals surface area contributed by atoms with Crippen LogP contribution in [0.3, 0.4) is 0 Å². The fraction of sp³-hybridized carbons (Fsp3) is 0.167. The molecular formula is C12H11BrF2N2S. The van der Waals surface area contributed by atoms with E-state index in [0.29, 0.717) is 12.2 Å². The molecule has 0 aliphatic carbocycles. The summed E-state index contributed by atoms with van der Waals surface area (Å²) in [4.78, 5) is 1.72. The molecule has 1 aromatic carbocycles. The average Bonchev–Trinajstić information content (AvgIpc) is 2.69. The molecule has 0 amide bonds. The third-order valence-electron chi connectivity index (χ3n) is 2.53. The van der Waals surface area contributed by atoms with Gasteiger partial charge in [0.25, 0.3) is 0 Å². The van der Waals surface area contributed by atoms with E-state index in [1.807, 2.05) is 11.4 Å². The van der Waals surface area contributed by atoms with Crippen molar-refractivity contribution >= 4 is 38.6 Å². The van der Waals surface area contributed by atoms with Crippen molar-refractivity contribution in [2.24, 2.45) is 0 Å². The molecule has 0 saturated carbocycles. The van der Waals surface area contributed by atoms with Gasteiger partial charge in [0, 0.05) is 19.7 Å². The van der Waals surface area contributed by atoms with E-state index in [9.17, 15) is 8.78 Å². The number of nitrogen functional groups attached to an aromatic ring is 1. The van der Waals surface area contributed by atoms with Gasteiger partial charge in [-0.05, 0) is 39.0 Å². The van der Waals surface area contributed by atoms with Gasteiger partial charge in [-0.25, -0.2) is 8.78 Å². The van der Waals surface area contributed by atoms with Crippen molar-refractivity contribution < 1.29 is 8.78 Å². The van der Waals surface area contributed by atoms with E-state index in [2.05, 4.69) is 15.9 Å². The monoisotopic (exact) mass is 332 g/mol. The van der Waals surface area contributed by atoms with E-state index < -0.39 is 11.6 Å². The molecule has 0 unspecified atom stereocenters. The summed E-state index contributed by atoms with van der Waals surface area (Å²) in [5.74, 6) is -1.36. The lowest BCUT2D eigenvalue weighted by molar-refractivity contribution is 0.585. The fourth-order valence-electron chi connectivity index (χ4n) is 1.67. The number of rotatable bonds is 3. The van der Waals surface area contributed by atoms with Gasteiger partial charge in [-0.2, -0.15) is 0 Å². The van der Waals surface area contributed by atoms with Crippen molar-refractivity contribution in [2.45, 2.75) is 6.54 Å². The molecule has 0 radical (unpaired) electrons. The zero-order valence-corrected chi connectivity index (χ0v) is 12.0. The Bertz CT molecular complexity index is 571. The first kappa shape index (κ1) is 13.3. The van der Waals surface area contributed by atoms with Crippen molar-refractivity contribution in [3.05, 3.63) is 44.6 Å². The van der Waals surface area contributed by atoms with E-state index in [0.717, 1.165) is 15.4 Å². The highest BCUT2D eigenvalue weighted by Crippen LogP contribution is 2.29. The van der Waals surface area contributed by atoms with E-state index in [1.165, 1.54) is 6.07 Å². The lowest BCUT2D eigenvalue weighted by Crippen LogP contribution is -2.18. The van der Waals surface area contributed by atoms with Crippen LogP contribution in [0.1, 0.15) is 5.56 Å². The van der Waals surface area contributed by atoms with Crippen LogP contribution in [0.4, 0.5) is 20.2 Å². The molecule has 0 aliphatic heterocycles. The van der Waals surface area contributed by atoms with Gasteiger partial charge in [0.05, 0.1) is 15.2 Å². The average molecular weight is 333 g/mol. The Labute approximate surface area is 116 Å². The standard InChI is InChI=1S/C12H11BrF2N2S/c1-17(5-7-2-11(13)18-6-7)10-4-8(14)3-9(15)12(10)16/h2-4,6H,5,16H2,1H3. The summed E-state index contributed by atoms with van der Waals surface area (Å²) in [6.45, 7) is 0.537. The summed E-state index contributed by atoms with van der Waals surface area (Å²) < 4.78 is 27.5. The van der Waals surface area contributed by atoms with Gasteiger partial charge >= 0.3 is 0 Å². The van der Waals surface area contributed by atoms with Gasteiger partial charge < -0.3 is 10.6 Å². The second-order valence-corrected chi connectivity index (χ2v) is 6.23. The first-order chi connectivity index (χ1) is 8.47. The smallest absolute Gasteiger partial charge is 0.151 e. The maximum absolute atomic E-state index is 13.3. The lowest BCUT2D eigenvalue weighted by atomic mass is 10.2. The SMILES string of the molecule is CN(Cc1csc(Br)c1)c1cc(F)cc(F)c1N. The molecule has 0 bridgehead atoms. The molecule has 6 heteroatoms. The van der Waals surface area contributed by atoms with Crippen molar-refractivity contribution in [1.82, 2.24) is 0 Å². The minimum absolute atomic E-state index is 0.0341. The molecule has 0 spiro atoms. The van der Waals surface area contributed by atoms with E-state index >= 15 is 0 Å². The molecule has 2 aromatic rings. The van der Waals surface area contributed by atoms with Crippen LogP contribution >= 0.6 is 27.3 Å². The van der Waals surface area contributed by atoms with Crippen molar-refractivity contribution in [1.29, 1.82) is 0 Å². The molecular weight excluding hydrogens is 322 g/mol. The van der Waals surface area contributed by atoms with Gasteiger partial charge in [-0.3, -0.25) is 0 Å². The number of halogens is 3. The zero-order valence-electron chi connectivity index (χ0n) is 9.58. The van der Waals surface area contributed by atoms with Crippen LogP contribution in [-0.2, 0) is 6.54 Å². The third-order valence-corrected chi connectivity index (χ3v) is 4.08. The van der Waals surface area contributed by atoms with Gasteiger partial charge in [0.15, 0.2) is 5.82 Å². The highest BCUT2D eigenvalue weighted by molar-refractivity contribution is 9.11. The van der Waals surface area contributed by atoms with Gasteiger partial charge in [-0.15, -0.1) is 11.3 Å². The predicted octanol–water partition coefficient (Wildman–Crippen LogP) is 4.01. The minimum atomic E-state index is -0.733. The second-order valence-electron chi connectivity index (χ2n) is 3.94. The highest BCUT2D eigenvalue weighted by Gasteiger charge is 2.12. The van der Waals surface area contributed by atoms with Crippen LogP contribution in [0, 0.1) is 11.6 Å². The van der Waals surface area contributed by atoms with E-state index in [4.69, 9.17) is 5.73 Å². The van der Waals surface area contributed by atoms with Crippen LogP contribution in [0.15, 0.2) is 27.4 Å². The molecule has 18 heavy (non-hydrogen) atoms. The number of benzene rings is 1. The Kier molecular flexibility index (Phi) is 3.87. The highest BCUT2D eigenvalue weighted by atomic mass is 79.9. The predicted molar refractivity (Wildman–Crippen MR) is 74.9 cm³/mol. The van der Waals surface area contributed by atoms with Crippen LogP contribution in [0.5, 0.6) is 0 Å². The van der Waals surface area contributed by atoms with Crippen LogP contribution < -0.4 is 10.6 Å². The van der Waals surface area contributed by atoms with Crippen molar-refractivity contribution in [3.8, 4) is 0 Å². The van der Waals surface area contributed by atoms with Crippen LogP contribution in [-0.4, -0.2) is 7.05 Å². The summed E-state index contributed by atoms with van der Waals surface area (Å²) in [6.07, 6.45) is 0. The maximum atomic E-state index is 13.3. The molecule has 0 aliphatic rings. The van der Waals surface area contributed by atoms with Crippen molar-refractivity contribution in [2.75, 3.05) is 17.7 Å². The van der Waals surface area contributed by atoms with Gasteiger partial charge in [0.2, 0.25) is 0 Å². The number of nitrogens with two attached hydrogens (primary N) is 1. The Morgan fingerprint density at radius 2 is 2.06 bits per heavy atom. The molecule has 2 N–H and O–H groups in total. The number of anilines is 2. The largest absolute Gasteiger partial charge is 0.395 e. The molecule has 2 nitrogen and oxygen atoms in total. The van der Waals surface area contributed by atoms with Gasteiger partial charge in [-0.1, -0.05) is 0 Å². The summed E-state index contributed by atoms with van der Waals surface area (Å²) in [6, 6.07) is 3.99. The Hall–Kier alpha value is -1.14. The topological polar surface area (TPSA) is 29.3 Å². The first-order valence-corrected chi connectivity index (χ1v) is 6.83. The molecule has 96 valence electrons. The summed E-state index contributed by atoms with van der Waals surface area (Å²) in [5.41, 5.74) is 7.00. The lowest BCUT2D eigenvalue weighted by Gasteiger charge is -2.20. The number of hydrogen-bond acceptors (Lipinski definition) is 3. The first-order valence-electron chi connectivity index (χ1n) is 5.16. The Balaban J connectivity index is 2.26. The van der Waals surface area contributed by atoms with Crippen LogP contribution in [0.2, 0.25) is 0 Å². The Morgan fingerprint density at radius 1 is 1.33 bits per heavy atom. The number of hydrogen-bond donors (Lipinski definition) is 1. The van der Waals surface area contributed by atoms with E-state index in [1.54, 1.807) is 23.3 Å². The molecule has 0 saturated heterocycles. The Morgan fingerprint density at radius 3 is 2.67 bits per heavy atom.